The van der Waals surface area contributed by atoms with Gasteiger partial charge in [0.25, 0.3) is 10.0 Å². The molecule has 0 aliphatic carbocycles. The summed E-state index contributed by atoms with van der Waals surface area (Å²) in [5.74, 6) is 0.849. The summed E-state index contributed by atoms with van der Waals surface area (Å²) in [5.41, 5.74) is 2.93. The zero-order chi connectivity index (χ0) is 19.0. The fourth-order valence-corrected chi connectivity index (χ4v) is 5.50. The van der Waals surface area contributed by atoms with Gasteiger partial charge in [0.1, 0.15) is 16.4 Å². The average molecular weight is 388 g/mol. The number of anilines is 2. The van der Waals surface area contributed by atoms with E-state index in [1.165, 1.54) is 24.3 Å². The molecule has 0 N–H and O–H groups in total. The van der Waals surface area contributed by atoms with Crippen molar-refractivity contribution in [2.24, 2.45) is 0 Å². The van der Waals surface area contributed by atoms with Crippen molar-refractivity contribution < 1.29 is 17.9 Å². The number of hydrogen-bond acceptors (Lipinski definition) is 5. The Bertz CT molecular complexity index is 952. The van der Waals surface area contributed by atoms with Gasteiger partial charge in [0.2, 0.25) is 0 Å². The summed E-state index contributed by atoms with van der Waals surface area (Å²) in [6.07, 6.45) is 3.08. The molecule has 0 saturated carbocycles. The highest BCUT2D eigenvalue weighted by Crippen LogP contribution is 2.39. The summed E-state index contributed by atoms with van der Waals surface area (Å²) < 4.78 is 38.8. The zero-order valence-corrected chi connectivity index (χ0v) is 16.5. The molecule has 144 valence electrons. The maximum atomic E-state index is 13.4. The average Bonchev–Trinajstić information content (AvgIpc) is 3.36. The monoisotopic (exact) mass is 388 g/mol. The number of hydrogen-bond donors (Lipinski definition) is 0. The molecule has 2 heterocycles. The van der Waals surface area contributed by atoms with Crippen molar-refractivity contribution in [3.8, 4) is 11.5 Å². The highest BCUT2D eigenvalue weighted by molar-refractivity contribution is 7.93. The molecule has 2 aromatic carbocycles. The smallest absolute Gasteiger partial charge is 0.268 e. The van der Waals surface area contributed by atoms with Crippen LogP contribution >= 0.6 is 0 Å². The van der Waals surface area contributed by atoms with Gasteiger partial charge < -0.3 is 14.4 Å². The summed E-state index contributed by atoms with van der Waals surface area (Å²) in [5, 5.41) is 0. The Morgan fingerprint density at radius 1 is 0.926 bits per heavy atom. The fraction of sp³-hybridized carbons (Fsp3) is 0.400. The third-order valence-corrected chi connectivity index (χ3v) is 7.18. The lowest BCUT2D eigenvalue weighted by Crippen LogP contribution is -2.29. The molecule has 1 fully saturated rings. The summed E-state index contributed by atoms with van der Waals surface area (Å²) in [6.45, 7) is 2.49. The molecule has 0 unspecified atom stereocenters. The van der Waals surface area contributed by atoms with Crippen molar-refractivity contribution in [2.45, 2.75) is 24.2 Å². The molecular formula is C20H24N2O4S. The summed E-state index contributed by atoms with van der Waals surface area (Å²) in [7, 11) is -0.715. The molecule has 7 heteroatoms. The van der Waals surface area contributed by atoms with E-state index >= 15 is 0 Å². The van der Waals surface area contributed by atoms with E-state index < -0.39 is 10.0 Å². The Balaban J connectivity index is 1.74. The molecule has 0 amide bonds. The van der Waals surface area contributed by atoms with Gasteiger partial charge in [0, 0.05) is 31.4 Å². The molecule has 0 aromatic heterocycles. The predicted octanol–water partition coefficient (Wildman–Crippen LogP) is 3.06. The van der Waals surface area contributed by atoms with Crippen molar-refractivity contribution >= 4 is 21.4 Å². The van der Waals surface area contributed by atoms with Crippen molar-refractivity contribution in [1.82, 2.24) is 0 Å². The second-order valence-corrected chi connectivity index (χ2v) is 8.68. The van der Waals surface area contributed by atoms with E-state index in [-0.39, 0.29) is 4.90 Å². The van der Waals surface area contributed by atoms with E-state index in [0.29, 0.717) is 24.5 Å². The third kappa shape index (κ3) is 3.10. The Morgan fingerprint density at radius 2 is 1.70 bits per heavy atom. The van der Waals surface area contributed by atoms with Crippen LogP contribution in [-0.4, -0.2) is 42.3 Å². The Labute approximate surface area is 160 Å². The number of fused-ring (bicyclic) bond motifs is 1. The number of sulfonamides is 1. The van der Waals surface area contributed by atoms with Crippen molar-refractivity contribution in [3.63, 3.8) is 0 Å². The Morgan fingerprint density at radius 3 is 2.41 bits per heavy atom. The normalized spacial score (nSPS) is 16.5. The first-order chi connectivity index (χ1) is 13.0. The third-order valence-electron chi connectivity index (χ3n) is 5.33. The highest BCUT2D eigenvalue weighted by Gasteiger charge is 2.33. The van der Waals surface area contributed by atoms with Crippen LogP contribution in [0.2, 0.25) is 0 Å². The number of ether oxygens (including phenoxy) is 2. The summed E-state index contributed by atoms with van der Waals surface area (Å²) in [4.78, 5) is 2.47. The zero-order valence-electron chi connectivity index (χ0n) is 15.6. The van der Waals surface area contributed by atoms with Crippen LogP contribution in [0.5, 0.6) is 11.5 Å². The van der Waals surface area contributed by atoms with Crippen molar-refractivity contribution in [1.29, 1.82) is 0 Å². The first kappa shape index (κ1) is 18.0. The molecule has 2 aromatic rings. The summed E-state index contributed by atoms with van der Waals surface area (Å²) in [6, 6.07) is 11.0. The van der Waals surface area contributed by atoms with Crippen LogP contribution in [0.1, 0.15) is 18.4 Å². The molecule has 2 aliphatic heterocycles. The van der Waals surface area contributed by atoms with E-state index in [1.54, 1.807) is 25.3 Å². The number of methoxy groups -OCH3 is 2. The molecule has 4 rings (SSSR count). The lowest BCUT2D eigenvalue weighted by molar-refractivity contribution is 0.386. The topological polar surface area (TPSA) is 59.1 Å². The number of benzene rings is 2. The van der Waals surface area contributed by atoms with Crippen LogP contribution in [-0.2, 0) is 16.4 Å². The maximum Gasteiger partial charge on any atom is 0.268 e. The first-order valence-corrected chi connectivity index (χ1v) is 10.6. The SMILES string of the molecule is COc1ccc(S(=O)(=O)N2CCc3ccc(N4CCCC4)cc32)c(OC)c1. The minimum atomic E-state index is -3.73. The van der Waals surface area contributed by atoms with Gasteiger partial charge in [-0.15, -0.1) is 0 Å². The molecule has 0 spiro atoms. The standard InChI is InChI=1S/C20H24N2O4S/c1-25-17-7-8-20(19(14-17)26-2)27(23,24)22-12-9-15-5-6-16(13-18(15)22)21-10-3-4-11-21/h5-8,13-14H,3-4,9-12H2,1-2H3. The van der Waals surface area contributed by atoms with E-state index in [0.717, 1.165) is 30.0 Å². The minimum absolute atomic E-state index is 0.158. The van der Waals surface area contributed by atoms with Crippen LogP contribution in [0.15, 0.2) is 41.3 Å². The lowest BCUT2D eigenvalue weighted by Gasteiger charge is -2.23. The van der Waals surface area contributed by atoms with E-state index in [1.807, 2.05) is 6.07 Å². The molecule has 27 heavy (non-hydrogen) atoms. The van der Waals surface area contributed by atoms with Gasteiger partial charge in [-0.2, -0.15) is 0 Å². The first-order valence-electron chi connectivity index (χ1n) is 9.17. The van der Waals surface area contributed by atoms with Crippen LogP contribution in [0.25, 0.3) is 0 Å². The molecule has 0 radical (unpaired) electrons. The second-order valence-electron chi connectivity index (χ2n) is 6.85. The van der Waals surface area contributed by atoms with E-state index in [2.05, 4.69) is 17.0 Å². The molecule has 1 saturated heterocycles. The van der Waals surface area contributed by atoms with Gasteiger partial charge >= 0.3 is 0 Å². The maximum absolute atomic E-state index is 13.4. The van der Waals surface area contributed by atoms with Crippen LogP contribution in [0.4, 0.5) is 11.4 Å². The van der Waals surface area contributed by atoms with Gasteiger partial charge in [0.15, 0.2) is 0 Å². The van der Waals surface area contributed by atoms with Crippen LogP contribution < -0.4 is 18.7 Å². The van der Waals surface area contributed by atoms with Crippen LogP contribution in [0, 0.1) is 0 Å². The van der Waals surface area contributed by atoms with E-state index in [9.17, 15) is 8.42 Å². The molecular weight excluding hydrogens is 364 g/mol. The Hall–Kier alpha value is -2.41. The Kier molecular flexibility index (Phi) is 4.63. The van der Waals surface area contributed by atoms with Gasteiger partial charge in [-0.3, -0.25) is 4.31 Å². The van der Waals surface area contributed by atoms with Crippen molar-refractivity contribution in [3.05, 3.63) is 42.0 Å². The summed E-state index contributed by atoms with van der Waals surface area (Å²) >= 11 is 0. The largest absolute Gasteiger partial charge is 0.497 e. The minimum Gasteiger partial charge on any atom is -0.497 e. The molecule has 0 bridgehead atoms. The van der Waals surface area contributed by atoms with E-state index in [4.69, 9.17) is 9.47 Å². The van der Waals surface area contributed by atoms with Gasteiger partial charge in [0.05, 0.1) is 19.9 Å². The fourth-order valence-electron chi connectivity index (χ4n) is 3.87. The van der Waals surface area contributed by atoms with Gasteiger partial charge in [-0.25, -0.2) is 8.42 Å². The van der Waals surface area contributed by atoms with Crippen LogP contribution in [0.3, 0.4) is 0 Å². The second kappa shape index (κ2) is 6.96. The lowest BCUT2D eigenvalue weighted by atomic mass is 10.1. The molecule has 6 nitrogen and oxygen atoms in total. The van der Waals surface area contributed by atoms with Crippen molar-refractivity contribution in [2.75, 3.05) is 43.1 Å². The highest BCUT2D eigenvalue weighted by atomic mass is 32.2. The predicted molar refractivity (Wildman–Crippen MR) is 106 cm³/mol. The van der Waals surface area contributed by atoms with Gasteiger partial charge in [-0.05, 0) is 49.1 Å². The quantitative estimate of drug-likeness (QED) is 0.788. The van der Waals surface area contributed by atoms with Gasteiger partial charge in [-0.1, -0.05) is 6.07 Å². The number of nitrogens with zero attached hydrogens (tertiary/aromatic N) is 2. The molecule has 0 atom stereocenters. The number of rotatable bonds is 5. The molecule has 2 aliphatic rings.